The van der Waals surface area contributed by atoms with E-state index in [1.54, 1.807) is 0 Å². The smallest absolute Gasteiger partial charge is 0.221 e. The van der Waals surface area contributed by atoms with Crippen molar-refractivity contribution in [2.45, 2.75) is 38.6 Å². The van der Waals surface area contributed by atoms with Crippen molar-refractivity contribution < 1.29 is 4.79 Å². The highest BCUT2D eigenvalue weighted by molar-refractivity contribution is 5.88. The van der Waals surface area contributed by atoms with E-state index >= 15 is 0 Å². The van der Waals surface area contributed by atoms with Gasteiger partial charge in [0.05, 0.1) is 0 Å². The molecule has 3 nitrogen and oxygen atoms in total. The molecule has 0 spiro atoms. The van der Waals surface area contributed by atoms with Gasteiger partial charge in [-0.2, -0.15) is 0 Å². The van der Waals surface area contributed by atoms with E-state index in [9.17, 15) is 4.79 Å². The summed E-state index contributed by atoms with van der Waals surface area (Å²) in [5, 5.41) is 2.76. The van der Waals surface area contributed by atoms with Crippen LogP contribution in [0.5, 0.6) is 0 Å². The number of hydrogen-bond donors (Lipinski definition) is 2. The average Bonchev–Trinajstić information content (AvgIpc) is 2.82. The number of nitrogens with two attached hydrogens (primary N) is 1. The van der Waals surface area contributed by atoms with Gasteiger partial charge in [-0.3, -0.25) is 4.79 Å². The minimum absolute atomic E-state index is 0. The average molecular weight is 269 g/mol. The Labute approximate surface area is 115 Å². The Hall–Kier alpha value is -1.06. The molecular formula is C14H21ClN2O. The maximum atomic E-state index is 10.9. The molecule has 3 N–H and O–H groups in total. The van der Waals surface area contributed by atoms with E-state index in [-0.39, 0.29) is 24.4 Å². The summed E-state index contributed by atoms with van der Waals surface area (Å²) in [5.41, 5.74) is 8.27. The monoisotopic (exact) mass is 268 g/mol. The van der Waals surface area contributed by atoms with E-state index in [0.29, 0.717) is 5.92 Å². The first kappa shape index (κ1) is 15.0. The predicted molar refractivity (Wildman–Crippen MR) is 76.9 cm³/mol. The van der Waals surface area contributed by atoms with Crippen LogP contribution >= 0.6 is 12.4 Å². The first-order chi connectivity index (χ1) is 8.16. The Morgan fingerprint density at radius 2 is 1.83 bits per heavy atom. The molecular weight excluding hydrogens is 248 g/mol. The normalized spacial score (nSPS) is 17.0. The van der Waals surface area contributed by atoms with Crippen molar-refractivity contribution in [1.29, 1.82) is 0 Å². The maximum absolute atomic E-state index is 10.9. The number of benzene rings is 1. The topological polar surface area (TPSA) is 55.1 Å². The van der Waals surface area contributed by atoms with Crippen LogP contribution in [0, 0.1) is 5.92 Å². The Balaban J connectivity index is 0.00000162. The number of rotatable bonds is 3. The summed E-state index contributed by atoms with van der Waals surface area (Å²) in [5.74, 6) is 0.583. The third-order valence-electron chi connectivity index (χ3n) is 3.52. The zero-order chi connectivity index (χ0) is 12.3. The number of amides is 1. The zero-order valence-electron chi connectivity index (χ0n) is 10.7. The lowest BCUT2D eigenvalue weighted by atomic mass is 9.92. The molecule has 1 atom stereocenters. The van der Waals surface area contributed by atoms with Crippen molar-refractivity contribution in [3.8, 4) is 0 Å². The Bertz CT molecular complexity index is 385. The van der Waals surface area contributed by atoms with Gasteiger partial charge in [-0.25, -0.2) is 0 Å². The third kappa shape index (κ3) is 3.72. The lowest BCUT2D eigenvalue weighted by molar-refractivity contribution is -0.114. The van der Waals surface area contributed by atoms with Crippen LogP contribution in [0.4, 0.5) is 5.69 Å². The largest absolute Gasteiger partial charge is 0.326 e. The van der Waals surface area contributed by atoms with Gasteiger partial charge in [-0.15, -0.1) is 12.4 Å². The van der Waals surface area contributed by atoms with Crippen LogP contribution < -0.4 is 11.1 Å². The van der Waals surface area contributed by atoms with Gasteiger partial charge in [-0.1, -0.05) is 25.0 Å². The Kier molecular flexibility index (Phi) is 5.63. The lowest BCUT2D eigenvalue weighted by Crippen LogP contribution is -2.19. The van der Waals surface area contributed by atoms with Gasteiger partial charge in [-0.05, 0) is 36.5 Å². The molecule has 1 fully saturated rings. The van der Waals surface area contributed by atoms with Gasteiger partial charge in [0.25, 0.3) is 0 Å². The minimum Gasteiger partial charge on any atom is -0.326 e. The highest BCUT2D eigenvalue weighted by Gasteiger charge is 2.22. The third-order valence-corrected chi connectivity index (χ3v) is 3.52. The van der Waals surface area contributed by atoms with E-state index in [0.717, 1.165) is 5.69 Å². The number of anilines is 1. The second-order valence-corrected chi connectivity index (χ2v) is 4.87. The number of carbonyl (C=O) groups is 1. The van der Waals surface area contributed by atoms with Crippen LogP contribution in [0.2, 0.25) is 0 Å². The van der Waals surface area contributed by atoms with Crippen molar-refractivity contribution in [3.05, 3.63) is 29.8 Å². The van der Waals surface area contributed by atoms with Crippen molar-refractivity contribution in [2.24, 2.45) is 11.7 Å². The molecule has 1 saturated carbocycles. The molecule has 1 amide bonds. The quantitative estimate of drug-likeness (QED) is 0.884. The van der Waals surface area contributed by atoms with Crippen LogP contribution in [0.1, 0.15) is 44.2 Å². The van der Waals surface area contributed by atoms with E-state index in [2.05, 4.69) is 5.32 Å². The lowest BCUT2D eigenvalue weighted by Gasteiger charge is -2.19. The van der Waals surface area contributed by atoms with E-state index in [1.165, 1.54) is 38.2 Å². The first-order valence-corrected chi connectivity index (χ1v) is 6.30. The van der Waals surface area contributed by atoms with Gasteiger partial charge in [0, 0.05) is 18.7 Å². The molecule has 0 unspecified atom stereocenters. The molecule has 0 radical (unpaired) electrons. The van der Waals surface area contributed by atoms with Crippen molar-refractivity contribution in [3.63, 3.8) is 0 Å². The van der Waals surface area contributed by atoms with E-state index < -0.39 is 0 Å². The van der Waals surface area contributed by atoms with Crippen molar-refractivity contribution in [2.75, 3.05) is 5.32 Å². The fraction of sp³-hybridized carbons (Fsp3) is 0.500. The van der Waals surface area contributed by atoms with E-state index in [1.807, 2.05) is 24.3 Å². The molecule has 4 heteroatoms. The molecule has 0 saturated heterocycles. The SMILES string of the molecule is CC(=O)Nc1ccc([C@@H](N)C2CCCC2)cc1.Cl. The summed E-state index contributed by atoms with van der Waals surface area (Å²) in [4.78, 5) is 10.9. The Morgan fingerprint density at radius 3 is 2.33 bits per heavy atom. The summed E-state index contributed by atoms with van der Waals surface area (Å²) in [7, 11) is 0. The van der Waals surface area contributed by atoms with Gasteiger partial charge in [0.2, 0.25) is 5.91 Å². The highest BCUT2D eigenvalue weighted by atomic mass is 35.5. The van der Waals surface area contributed by atoms with Crippen LogP contribution in [0.15, 0.2) is 24.3 Å². The van der Waals surface area contributed by atoms with Gasteiger partial charge in [0.1, 0.15) is 0 Å². The predicted octanol–water partition coefficient (Wildman–Crippen LogP) is 3.26. The van der Waals surface area contributed by atoms with Crippen LogP contribution in [0.3, 0.4) is 0 Å². The fourth-order valence-corrected chi connectivity index (χ4v) is 2.58. The van der Waals surface area contributed by atoms with Crippen LogP contribution in [-0.2, 0) is 4.79 Å². The first-order valence-electron chi connectivity index (χ1n) is 6.30. The van der Waals surface area contributed by atoms with Crippen LogP contribution in [0.25, 0.3) is 0 Å². The Morgan fingerprint density at radius 1 is 1.28 bits per heavy atom. The second kappa shape index (κ2) is 6.76. The van der Waals surface area contributed by atoms with Crippen molar-refractivity contribution in [1.82, 2.24) is 0 Å². The summed E-state index contributed by atoms with van der Waals surface area (Å²) >= 11 is 0. The molecule has 1 aromatic rings. The molecule has 0 aromatic heterocycles. The highest BCUT2D eigenvalue weighted by Crippen LogP contribution is 2.34. The molecule has 2 rings (SSSR count). The summed E-state index contributed by atoms with van der Waals surface area (Å²) in [6.07, 6.45) is 5.11. The number of carbonyl (C=O) groups excluding carboxylic acids is 1. The maximum Gasteiger partial charge on any atom is 0.221 e. The molecule has 1 aliphatic rings. The number of nitrogens with one attached hydrogen (secondary N) is 1. The summed E-state index contributed by atoms with van der Waals surface area (Å²) < 4.78 is 0. The standard InChI is InChI=1S/C14H20N2O.ClH/c1-10(17)16-13-8-6-12(7-9-13)14(15)11-4-2-3-5-11;/h6-9,11,14H,2-5,15H2,1H3,(H,16,17);1H/t14-;/m0./s1. The van der Waals surface area contributed by atoms with Crippen molar-refractivity contribution >= 4 is 24.0 Å². The molecule has 0 heterocycles. The van der Waals surface area contributed by atoms with Crippen LogP contribution in [-0.4, -0.2) is 5.91 Å². The molecule has 1 aromatic carbocycles. The fourth-order valence-electron chi connectivity index (χ4n) is 2.58. The van der Waals surface area contributed by atoms with E-state index in [4.69, 9.17) is 5.73 Å². The summed E-state index contributed by atoms with van der Waals surface area (Å²) in [6, 6.07) is 8.03. The van der Waals surface area contributed by atoms with Gasteiger partial charge < -0.3 is 11.1 Å². The second-order valence-electron chi connectivity index (χ2n) is 4.87. The summed E-state index contributed by atoms with van der Waals surface area (Å²) in [6.45, 7) is 1.51. The number of halogens is 1. The molecule has 1 aliphatic carbocycles. The zero-order valence-corrected chi connectivity index (χ0v) is 11.5. The van der Waals surface area contributed by atoms with Gasteiger partial charge >= 0.3 is 0 Å². The molecule has 0 bridgehead atoms. The minimum atomic E-state index is -0.0437. The molecule has 100 valence electrons. The molecule has 0 aliphatic heterocycles. The molecule has 18 heavy (non-hydrogen) atoms. The van der Waals surface area contributed by atoms with Gasteiger partial charge in [0.15, 0.2) is 0 Å². The number of hydrogen-bond acceptors (Lipinski definition) is 2.